The lowest BCUT2D eigenvalue weighted by Gasteiger charge is -2.41. The van der Waals surface area contributed by atoms with Crippen molar-refractivity contribution in [3.05, 3.63) is 0 Å². The number of aliphatic hydroxyl groups is 2. The van der Waals surface area contributed by atoms with E-state index in [1.165, 1.54) is 38.5 Å². The number of rotatable bonds is 29. The lowest BCUT2D eigenvalue weighted by Crippen LogP contribution is -2.56. The molecule has 0 aliphatic heterocycles. The van der Waals surface area contributed by atoms with E-state index in [2.05, 4.69) is 27.7 Å². The van der Waals surface area contributed by atoms with Crippen LogP contribution >= 0.6 is 0 Å². The Kier molecular flexibility index (Phi) is 22.0. The predicted octanol–water partition coefficient (Wildman–Crippen LogP) is 4.66. The molecule has 0 aliphatic carbocycles. The van der Waals surface area contributed by atoms with Gasteiger partial charge >= 0.3 is 0 Å². The molecule has 12 heteroatoms. The molecule has 0 radical (unpaired) electrons. The molecule has 0 aliphatic rings. The molecule has 0 saturated heterocycles. The van der Waals surface area contributed by atoms with Crippen LogP contribution in [0.5, 0.6) is 0 Å². The van der Waals surface area contributed by atoms with Gasteiger partial charge < -0.3 is 19.2 Å². The summed E-state index contributed by atoms with van der Waals surface area (Å²) >= 11 is 0. The van der Waals surface area contributed by atoms with Crippen LogP contribution in [0.3, 0.4) is 0 Å². The van der Waals surface area contributed by atoms with Crippen LogP contribution in [0, 0.1) is 0 Å². The molecule has 0 bridgehead atoms. The standard InChI is InChI=1S/C30H64N2O8S2/c1-5-9-11-13-15-17-21-31(7-3,25-29(33)27-41(35,36)37)23-19-20-24-32(8-4,22-18-16-14-12-10-6-2)26-30(34)28-42(38,39)40/h29-30,33-34H,5-28H2,1-4H3/p+2. The number of hydrogen-bond donors (Lipinski definition) is 4. The zero-order valence-corrected chi connectivity index (χ0v) is 28.9. The second-order valence-corrected chi connectivity index (χ2v) is 15.6. The highest BCUT2D eigenvalue weighted by Crippen LogP contribution is 2.19. The normalized spacial score (nSPS) is 17.0. The average molecular weight is 647 g/mol. The van der Waals surface area contributed by atoms with Gasteiger partial charge in [-0.2, -0.15) is 16.8 Å². The van der Waals surface area contributed by atoms with Crippen molar-refractivity contribution in [1.29, 1.82) is 0 Å². The highest BCUT2D eigenvalue weighted by molar-refractivity contribution is 7.86. The van der Waals surface area contributed by atoms with E-state index in [4.69, 9.17) is 0 Å². The summed E-state index contributed by atoms with van der Waals surface area (Å²) < 4.78 is 65.5. The maximum absolute atomic E-state index is 11.4. The van der Waals surface area contributed by atoms with E-state index < -0.39 is 43.9 Å². The van der Waals surface area contributed by atoms with E-state index in [9.17, 15) is 36.2 Å². The molecule has 0 heterocycles. The van der Waals surface area contributed by atoms with Gasteiger partial charge in [0.1, 0.15) is 36.8 Å². The largest absolute Gasteiger partial charge is 0.386 e. The molecule has 0 rings (SSSR count). The third kappa shape index (κ3) is 21.4. The van der Waals surface area contributed by atoms with Gasteiger partial charge in [-0.05, 0) is 39.5 Å². The van der Waals surface area contributed by atoms with Gasteiger partial charge in [-0.25, -0.2) is 0 Å². The fourth-order valence-electron chi connectivity index (χ4n) is 6.31. The Morgan fingerprint density at radius 2 is 0.738 bits per heavy atom. The van der Waals surface area contributed by atoms with Crippen LogP contribution in [0.25, 0.3) is 0 Å². The summed E-state index contributed by atoms with van der Waals surface area (Å²) in [4.78, 5) is 0. The highest BCUT2D eigenvalue weighted by Gasteiger charge is 2.33. The molecule has 0 aromatic carbocycles. The zero-order valence-electron chi connectivity index (χ0n) is 27.3. The Hall–Kier alpha value is -0.340. The minimum atomic E-state index is -4.28. The van der Waals surface area contributed by atoms with Crippen LogP contribution in [-0.2, 0) is 20.2 Å². The number of likely N-dealkylation sites (N-methyl/N-ethyl adjacent to an activating group) is 2. The Morgan fingerprint density at radius 1 is 0.476 bits per heavy atom. The topological polar surface area (TPSA) is 149 Å². The lowest BCUT2D eigenvalue weighted by atomic mass is 10.1. The summed E-state index contributed by atoms with van der Waals surface area (Å²) in [5, 5.41) is 21.1. The Balaban J connectivity index is 5.46. The number of nitrogens with zero attached hydrogens (tertiary/aromatic N) is 2. The molecular formula is C30H66N2O8S2+2. The van der Waals surface area contributed by atoms with Gasteiger partial charge in [0.15, 0.2) is 0 Å². The minimum absolute atomic E-state index is 0.268. The van der Waals surface area contributed by atoms with Crippen LogP contribution < -0.4 is 0 Å². The molecule has 42 heavy (non-hydrogen) atoms. The van der Waals surface area contributed by atoms with Crippen molar-refractivity contribution in [3.63, 3.8) is 0 Å². The molecule has 0 saturated carbocycles. The molecule has 4 atom stereocenters. The van der Waals surface area contributed by atoms with Gasteiger partial charge in [0.25, 0.3) is 20.2 Å². The van der Waals surface area contributed by atoms with E-state index in [0.717, 1.165) is 90.6 Å². The van der Waals surface area contributed by atoms with Crippen molar-refractivity contribution in [3.8, 4) is 0 Å². The molecule has 0 amide bonds. The van der Waals surface area contributed by atoms with Crippen molar-refractivity contribution in [2.75, 3.05) is 63.9 Å². The maximum Gasteiger partial charge on any atom is 0.267 e. The molecular weight excluding hydrogens is 580 g/mol. The minimum Gasteiger partial charge on any atom is -0.386 e. The zero-order chi connectivity index (χ0) is 32.1. The second-order valence-electron chi connectivity index (χ2n) is 12.6. The molecule has 10 nitrogen and oxygen atoms in total. The summed E-state index contributed by atoms with van der Waals surface area (Å²) in [5.41, 5.74) is 0. The van der Waals surface area contributed by atoms with Crippen LogP contribution in [0.1, 0.15) is 118 Å². The molecule has 4 N–H and O–H groups in total. The summed E-state index contributed by atoms with van der Waals surface area (Å²) in [6.07, 6.45) is 13.1. The van der Waals surface area contributed by atoms with Crippen molar-refractivity contribution in [2.24, 2.45) is 0 Å². The van der Waals surface area contributed by atoms with Crippen molar-refractivity contribution in [1.82, 2.24) is 0 Å². The number of aliphatic hydroxyl groups excluding tert-OH is 2. The number of unbranched alkanes of at least 4 members (excludes halogenated alkanes) is 11. The van der Waals surface area contributed by atoms with Crippen LogP contribution in [0.4, 0.5) is 0 Å². The van der Waals surface area contributed by atoms with E-state index in [1.54, 1.807) is 0 Å². The first kappa shape index (κ1) is 41.7. The third-order valence-electron chi connectivity index (χ3n) is 8.83. The van der Waals surface area contributed by atoms with E-state index >= 15 is 0 Å². The highest BCUT2D eigenvalue weighted by atomic mass is 32.2. The van der Waals surface area contributed by atoms with Crippen LogP contribution in [0.15, 0.2) is 0 Å². The molecule has 0 spiro atoms. The van der Waals surface area contributed by atoms with E-state index in [-0.39, 0.29) is 13.1 Å². The number of quaternary nitrogens is 2. The van der Waals surface area contributed by atoms with Crippen molar-refractivity contribution < 1.29 is 45.1 Å². The average Bonchev–Trinajstić information content (AvgIpc) is 2.88. The van der Waals surface area contributed by atoms with Crippen molar-refractivity contribution >= 4 is 20.2 Å². The van der Waals surface area contributed by atoms with Crippen LogP contribution in [0.2, 0.25) is 0 Å². The smallest absolute Gasteiger partial charge is 0.267 e. The summed E-state index contributed by atoms with van der Waals surface area (Å²) in [7, 11) is -8.55. The van der Waals surface area contributed by atoms with Gasteiger partial charge in [0, 0.05) is 12.8 Å². The van der Waals surface area contributed by atoms with Gasteiger partial charge in [-0.1, -0.05) is 65.2 Å². The lowest BCUT2D eigenvalue weighted by molar-refractivity contribution is -0.935. The predicted molar refractivity (Wildman–Crippen MR) is 172 cm³/mol. The monoisotopic (exact) mass is 646 g/mol. The van der Waals surface area contributed by atoms with Crippen molar-refractivity contribution in [2.45, 2.75) is 130 Å². The van der Waals surface area contributed by atoms with Gasteiger partial charge in [-0.15, -0.1) is 0 Å². The Labute approximate surface area is 258 Å². The molecule has 4 unspecified atom stereocenters. The first-order chi connectivity index (χ1) is 19.7. The molecule has 0 aromatic rings. The van der Waals surface area contributed by atoms with E-state index in [1.807, 2.05) is 0 Å². The molecule has 254 valence electrons. The third-order valence-corrected chi connectivity index (χ3v) is 10.4. The maximum atomic E-state index is 11.4. The first-order valence-corrected chi connectivity index (χ1v) is 19.8. The summed E-state index contributed by atoms with van der Waals surface area (Å²) in [6, 6.07) is 0. The van der Waals surface area contributed by atoms with Gasteiger partial charge in [0.05, 0.1) is 39.3 Å². The Morgan fingerprint density at radius 3 is 1.00 bits per heavy atom. The quantitative estimate of drug-likeness (QED) is 0.0521. The molecule has 0 fully saturated rings. The first-order valence-electron chi connectivity index (χ1n) is 16.6. The Bertz CT molecular complexity index is 816. The van der Waals surface area contributed by atoms with E-state index in [0.29, 0.717) is 8.97 Å². The summed E-state index contributed by atoms with van der Waals surface area (Å²) in [6.45, 7) is 13.7. The fourth-order valence-corrected chi connectivity index (χ4v) is 7.50. The van der Waals surface area contributed by atoms with Gasteiger partial charge in [0.2, 0.25) is 0 Å². The fraction of sp³-hybridized carbons (Fsp3) is 1.00. The second kappa shape index (κ2) is 22.2. The number of hydrogen-bond acceptors (Lipinski definition) is 6. The van der Waals surface area contributed by atoms with Crippen LogP contribution in [-0.4, -0.2) is 121 Å². The summed E-state index contributed by atoms with van der Waals surface area (Å²) in [5.74, 6) is -1.33. The SMILES string of the molecule is CCCCCCCC[N+](CC)(CCCC[N+](CC)(CCCCCCCC)CC(O)CS(=O)(=O)O)CC(O)CS(=O)(=O)O. The van der Waals surface area contributed by atoms with Gasteiger partial charge in [-0.3, -0.25) is 9.11 Å². The molecule has 0 aromatic heterocycles.